The second-order valence-electron chi connectivity index (χ2n) is 3.09. The van der Waals surface area contributed by atoms with E-state index < -0.39 is 0 Å². The van der Waals surface area contributed by atoms with Crippen LogP contribution in [0.1, 0.15) is 5.76 Å². The Morgan fingerprint density at radius 2 is 2.08 bits per heavy atom. The quantitative estimate of drug-likeness (QED) is 0.796. The van der Waals surface area contributed by atoms with Gasteiger partial charge in [0.05, 0.1) is 19.8 Å². The van der Waals surface area contributed by atoms with E-state index in [0.717, 1.165) is 43.3 Å². The van der Waals surface area contributed by atoms with Crippen LogP contribution in [0.15, 0.2) is 21.2 Å². The van der Waals surface area contributed by atoms with Gasteiger partial charge in [-0.2, -0.15) is 0 Å². The van der Waals surface area contributed by atoms with Crippen molar-refractivity contribution in [3.63, 3.8) is 0 Å². The van der Waals surface area contributed by atoms with Gasteiger partial charge in [-0.3, -0.25) is 4.90 Å². The highest BCUT2D eigenvalue weighted by atomic mass is 79.9. The van der Waals surface area contributed by atoms with Crippen molar-refractivity contribution < 1.29 is 9.15 Å². The number of rotatable bonds is 2. The van der Waals surface area contributed by atoms with Gasteiger partial charge in [0, 0.05) is 13.1 Å². The van der Waals surface area contributed by atoms with E-state index in [1.165, 1.54) is 0 Å². The first-order chi connectivity index (χ1) is 6.34. The minimum Gasteiger partial charge on any atom is -0.453 e. The highest BCUT2D eigenvalue weighted by Gasteiger charge is 2.12. The molecule has 0 N–H and O–H groups in total. The average molecular weight is 246 g/mol. The Morgan fingerprint density at radius 1 is 1.31 bits per heavy atom. The summed E-state index contributed by atoms with van der Waals surface area (Å²) in [6.45, 7) is 4.55. The Kier molecular flexibility index (Phi) is 3.03. The average Bonchev–Trinajstić information content (AvgIpc) is 2.53. The molecule has 0 atom stereocenters. The van der Waals surface area contributed by atoms with Crippen molar-refractivity contribution in [2.75, 3.05) is 26.3 Å². The minimum absolute atomic E-state index is 0.802. The third-order valence-corrected chi connectivity index (χ3v) is 2.54. The molecule has 0 spiro atoms. The van der Waals surface area contributed by atoms with Gasteiger partial charge in [-0.25, -0.2) is 0 Å². The van der Waals surface area contributed by atoms with Crippen LogP contribution in [0, 0.1) is 0 Å². The van der Waals surface area contributed by atoms with Crippen molar-refractivity contribution in [2.45, 2.75) is 6.54 Å². The molecule has 0 saturated carbocycles. The van der Waals surface area contributed by atoms with Crippen LogP contribution in [-0.4, -0.2) is 31.2 Å². The summed E-state index contributed by atoms with van der Waals surface area (Å²) < 4.78 is 11.5. The highest BCUT2D eigenvalue weighted by molar-refractivity contribution is 9.10. The van der Waals surface area contributed by atoms with E-state index in [1.807, 2.05) is 12.1 Å². The lowest BCUT2D eigenvalue weighted by Gasteiger charge is -2.25. The molecule has 3 nitrogen and oxygen atoms in total. The van der Waals surface area contributed by atoms with Gasteiger partial charge >= 0.3 is 0 Å². The maximum absolute atomic E-state index is 5.42. The molecule has 0 aromatic carbocycles. The number of halogens is 1. The fourth-order valence-corrected chi connectivity index (χ4v) is 1.76. The molecule has 1 aliphatic rings. The zero-order chi connectivity index (χ0) is 9.10. The largest absolute Gasteiger partial charge is 0.453 e. The molecular weight excluding hydrogens is 234 g/mol. The first kappa shape index (κ1) is 9.24. The van der Waals surface area contributed by atoms with Crippen molar-refractivity contribution >= 4 is 15.9 Å². The Morgan fingerprint density at radius 3 is 2.69 bits per heavy atom. The fraction of sp³-hybridized carbons (Fsp3) is 0.556. The van der Waals surface area contributed by atoms with Crippen molar-refractivity contribution in [3.05, 3.63) is 22.6 Å². The SMILES string of the molecule is Brc1ccc(CN2CCOCC2)o1. The highest BCUT2D eigenvalue weighted by Crippen LogP contribution is 2.15. The Bertz CT molecular complexity index is 268. The first-order valence-electron chi connectivity index (χ1n) is 4.39. The summed E-state index contributed by atoms with van der Waals surface area (Å²) in [7, 11) is 0. The zero-order valence-electron chi connectivity index (χ0n) is 7.33. The summed E-state index contributed by atoms with van der Waals surface area (Å²) in [5, 5.41) is 0. The molecule has 13 heavy (non-hydrogen) atoms. The van der Waals surface area contributed by atoms with Crippen LogP contribution < -0.4 is 0 Å². The van der Waals surface area contributed by atoms with Gasteiger partial charge in [-0.1, -0.05) is 0 Å². The maximum atomic E-state index is 5.42. The van der Waals surface area contributed by atoms with Gasteiger partial charge in [-0.15, -0.1) is 0 Å². The van der Waals surface area contributed by atoms with Gasteiger partial charge < -0.3 is 9.15 Å². The molecule has 1 aromatic rings. The molecule has 4 heteroatoms. The lowest BCUT2D eigenvalue weighted by atomic mass is 10.3. The number of hydrogen-bond acceptors (Lipinski definition) is 3. The summed E-state index contributed by atoms with van der Waals surface area (Å²) in [6.07, 6.45) is 0. The van der Waals surface area contributed by atoms with Crippen molar-refractivity contribution in [1.82, 2.24) is 4.90 Å². The number of furan rings is 1. The molecule has 0 radical (unpaired) electrons. The fourth-order valence-electron chi connectivity index (χ4n) is 1.42. The van der Waals surface area contributed by atoms with Crippen LogP contribution in [-0.2, 0) is 11.3 Å². The third kappa shape index (κ3) is 2.56. The predicted octanol–water partition coefficient (Wildman–Crippen LogP) is 1.87. The Balaban J connectivity index is 1.89. The molecule has 0 aliphatic carbocycles. The van der Waals surface area contributed by atoms with E-state index >= 15 is 0 Å². The second-order valence-corrected chi connectivity index (χ2v) is 3.88. The number of nitrogens with zero attached hydrogens (tertiary/aromatic N) is 1. The molecule has 72 valence electrons. The molecule has 1 fully saturated rings. The van der Waals surface area contributed by atoms with Gasteiger partial charge in [0.2, 0.25) is 0 Å². The molecule has 0 bridgehead atoms. The van der Waals surface area contributed by atoms with Crippen molar-refractivity contribution in [2.24, 2.45) is 0 Å². The molecule has 2 heterocycles. The lowest BCUT2D eigenvalue weighted by molar-refractivity contribution is 0.0312. The van der Waals surface area contributed by atoms with Crippen LogP contribution >= 0.6 is 15.9 Å². The summed E-state index contributed by atoms with van der Waals surface area (Å²) in [6, 6.07) is 3.93. The molecule has 1 aromatic heterocycles. The molecule has 2 rings (SSSR count). The first-order valence-corrected chi connectivity index (χ1v) is 5.18. The van der Waals surface area contributed by atoms with E-state index in [4.69, 9.17) is 9.15 Å². The zero-order valence-corrected chi connectivity index (χ0v) is 8.92. The van der Waals surface area contributed by atoms with E-state index in [1.54, 1.807) is 0 Å². The van der Waals surface area contributed by atoms with Gasteiger partial charge in [0.25, 0.3) is 0 Å². The monoisotopic (exact) mass is 245 g/mol. The normalized spacial score (nSPS) is 19.2. The molecule has 1 saturated heterocycles. The number of ether oxygens (including phenoxy) is 1. The van der Waals surface area contributed by atoms with Gasteiger partial charge in [0.15, 0.2) is 4.67 Å². The standard InChI is InChI=1S/C9H12BrNO2/c10-9-2-1-8(13-9)7-11-3-5-12-6-4-11/h1-2H,3-7H2. The van der Waals surface area contributed by atoms with E-state index in [-0.39, 0.29) is 0 Å². The van der Waals surface area contributed by atoms with E-state index in [0.29, 0.717) is 0 Å². The van der Waals surface area contributed by atoms with E-state index in [2.05, 4.69) is 20.8 Å². The van der Waals surface area contributed by atoms with Crippen LogP contribution in [0.2, 0.25) is 0 Å². The number of hydrogen-bond donors (Lipinski definition) is 0. The van der Waals surface area contributed by atoms with Gasteiger partial charge in [0.1, 0.15) is 5.76 Å². The summed E-state index contributed by atoms with van der Waals surface area (Å²) in [4.78, 5) is 2.33. The Hall–Kier alpha value is -0.320. The second kappa shape index (κ2) is 4.26. The third-order valence-electron chi connectivity index (χ3n) is 2.11. The minimum atomic E-state index is 0.802. The molecule has 1 aliphatic heterocycles. The smallest absolute Gasteiger partial charge is 0.169 e. The lowest BCUT2D eigenvalue weighted by Crippen LogP contribution is -2.35. The number of morpholine rings is 1. The molecule has 0 amide bonds. The van der Waals surface area contributed by atoms with Crippen LogP contribution in [0.3, 0.4) is 0 Å². The maximum Gasteiger partial charge on any atom is 0.169 e. The summed E-state index contributed by atoms with van der Waals surface area (Å²) in [5.74, 6) is 1.01. The summed E-state index contributed by atoms with van der Waals surface area (Å²) >= 11 is 3.29. The predicted molar refractivity (Wildman–Crippen MR) is 52.5 cm³/mol. The molecule has 0 unspecified atom stereocenters. The molecular formula is C9H12BrNO2. The van der Waals surface area contributed by atoms with Crippen LogP contribution in [0.4, 0.5) is 0 Å². The topological polar surface area (TPSA) is 25.6 Å². The van der Waals surface area contributed by atoms with Crippen molar-refractivity contribution in [3.8, 4) is 0 Å². The van der Waals surface area contributed by atoms with Crippen LogP contribution in [0.25, 0.3) is 0 Å². The Labute approximate surface area is 85.8 Å². The van der Waals surface area contributed by atoms with Crippen LogP contribution in [0.5, 0.6) is 0 Å². The van der Waals surface area contributed by atoms with Crippen molar-refractivity contribution in [1.29, 1.82) is 0 Å². The van der Waals surface area contributed by atoms with E-state index in [9.17, 15) is 0 Å². The summed E-state index contributed by atoms with van der Waals surface area (Å²) in [5.41, 5.74) is 0. The van der Waals surface area contributed by atoms with Gasteiger partial charge in [-0.05, 0) is 28.1 Å².